The van der Waals surface area contributed by atoms with Gasteiger partial charge in [0.05, 0.1) is 16.3 Å². The van der Waals surface area contributed by atoms with Gasteiger partial charge in [-0.2, -0.15) is 13.4 Å². The third-order valence-electron chi connectivity index (χ3n) is 3.80. The largest absolute Gasteiger partial charge is 0.573 e. The van der Waals surface area contributed by atoms with Crippen LogP contribution in [-0.4, -0.2) is 36.3 Å². The molecule has 1 heterocycles. The van der Waals surface area contributed by atoms with Gasteiger partial charge in [-0.05, 0) is 36.4 Å². The predicted octanol–water partition coefficient (Wildman–Crippen LogP) is 3.77. The van der Waals surface area contributed by atoms with Gasteiger partial charge >= 0.3 is 6.36 Å². The molecule has 0 saturated carbocycles. The minimum absolute atomic E-state index is 0.200. The van der Waals surface area contributed by atoms with Gasteiger partial charge in [0, 0.05) is 18.7 Å². The van der Waals surface area contributed by atoms with E-state index in [-0.39, 0.29) is 22.4 Å². The molecule has 0 radical (unpaired) electrons. The SMILES string of the molecule is CNc1nc(NNc2ccc(S(=O)(=O)O)cc2)cc(-c2cccc(OC(F)(F)F)c2)n1. The molecule has 0 aliphatic rings. The molecule has 0 bridgehead atoms. The van der Waals surface area contributed by atoms with Crippen molar-refractivity contribution >= 4 is 27.6 Å². The maximum absolute atomic E-state index is 12.5. The maximum Gasteiger partial charge on any atom is 0.573 e. The van der Waals surface area contributed by atoms with Crippen molar-refractivity contribution < 1.29 is 30.9 Å². The number of aromatic nitrogens is 2. The topological polar surface area (TPSA) is 125 Å². The Labute approximate surface area is 175 Å². The number of hydrogen-bond donors (Lipinski definition) is 4. The third kappa shape index (κ3) is 6.20. The monoisotopic (exact) mass is 455 g/mol. The van der Waals surface area contributed by atoms with E-state index >= 15 is 0 Å². The van der Waals surface area contributed by atoms with E-state index in [0.29, 0.717) is 16.9 Å². The fraction of sp³-hybridized carbons (Fsp3) is 0.111. The first-order valence-electron chi connectivity index (χ1n) is 8.56. The molecular weight excluding hydrogens is 439 g/mol. The Morgan fingerprint density at radius 2 is 1.71 bits per heavy atom. The smallest absolute Gasteiger partial charge is 0.406 e. The van der Waals surface area contributed by atoms with E-state index in [1.54, 1.807) is 13.1 Å². The average molecular weight is 455 g/mol. The molecule has 4 N–H and O–H groups in total. The highest BCUT2D eigenvalue weighted by atomic mass is 32.2. The van der Waals surface area contributed by atoms with Crippen molar-refractivity contribution in [3.05, 3.63) is 54.6 Å². The van der Waals surface area contributed by atoms with Crippen molar-refractivity contribution in [2.45, 2.75) is 11.3 Å². The summed E-state index contributed by atoms with van der Waals surface area (Å²) in [5, 5.41) is 2.76. The third-order valence-corrected chi connectivity index (χ3v) is 4.67. The van der Waals surface area contributed by atoms with E-state index < -0.39 is 16.5 Å². The van der Waals surface area contributed by atoms with Gasteiger partial charge in [-0.1, -0.05) is 12.1 Å². The first-order valence-corrected chi connectivity index (χ1v) is 10.00. The highest BCUT2D eigenvalue weighted by Crippen LogP contribution is 2.28. The van der Waals surface area contributed by atoms with Crippen LogP contribution in [0.25, 0.3) is 11.3 Å². The number of rotatable bonds is 7. The lowest BCUT2D eigenvalue weighted by Gasteiger charge is -2.13. The van der Waals surface area contributed by atoms with E-state index in [0.717, 1.165) is 0 Å². The lowest BCUT2D eigenvalue weighted by atomic mass is 10.1. The number of ether oxygens (including phenoxy) is 1. The van der Waals surface area contributed by atoms with Crippen LogP contribution < -0.4 is 20.9 Å². The van der Waals surface area contributed by atoms with Crippen LogP contribution in [0.1, 0.15) is 0 Å². The van der Waals surface area contributed by atoms with Crippen molar-refractivity contribution in [2.75, 3.05) is 23.2 Å². The first kappa shape index (κ1) is 22.1. The van der Waals surface area contributed by atoms with Gasteiger partial charge in [0.2, 0.25) is 5.95 Å². The molecule has 0 aliphatic heterocycles. The van der Waals surface area contributed by atoms with E-state index in [1.165, 1.54) is 48.5 Å². The summed E-state index contributed by atoms with van der Waals surface area (Å²) in [5.74, 6) is 0.0854. The molecule has 0 saturated heterocycles. The van der Waals surface area contributed by atoms with E-state index in [9.17, 15) is 21.6 Å². The molecule has 0 spiro atoms. The molecule has 2 aromatic carbocycles. The summed E-state index contributed by atoms with van der Waals surface area (Å²) in [6.07, 6.45) is -4.82. The van der Waals surface area contributed by atoms with Gasteiger partial charge in [-0.15, -0.1) is 13.2 Å². The van der Waals surface area contributed by atoms with Crippen LogP contribution in [-0.2, 0) is 10.1 Å². The van der Waals surface area contributed by atoms with Crippen molar-refractivity contribution in [2.24, 2.45) is 0 Å². The predicted molar refractivity (Wildman–Crippen MR) is 107 cm³/mol. The summed E-state index contributed by atoms with van der Waals surface area (Å²) in [5.41, 5.74) is 6.72. The molecule has 0 fully saturated rings. The number of hydrogen-bond acceptors (Lipinski definition) is 8. The Kier molecular flexibility index (Phi) is 6.17. The van der Waals surface area contributed by atoms with Gasteiger partial charge in [0.15, 0.2) is 5.82 Å². The zero-order valence-electron chi connectivity index (χ0n) is 15.8. The van der Waals surface area contributed by atoms with Gasteiger partial charge in [0.1, 0.15) is 5.75 Å². The summed E-state index contributed by atoms with van der Waals surface area (Å²) in [4.78, 5) is 8.16. The Bertz CT molecular complexity index is 1170. The standard InChI is InChI=1S/C18H16F3N5O4S/c1-22-17-23-15(11-3-2-4-13(9-11)30-18(19,20)21)10-16(24-17)26-25-12-5-7-14(8-6-12)31(27,28)29/h2-10,25H,1H3,(H,27,28,29)(H2,22,23,24,26). The lowest BCUT2D eigenvalue weighted by Crippen LogP contribution is -2.17. The number of nitrogens with one attached hydrogen (secondary N) is 3. The van der Waals surface area contributed by atoms with Gasteiger partial charge in [-0.25, -0.2) is 4.98 Å². The van der Waals surface area contributed by atoms with Crippen molar-refractivity contribution in [1.29, 1.82) is 0 Å². The van der Waals surface area contributed by atoms with Crippen LogP contribution in [0.2, 0.25) is 0 Å². The molecule has 0 atom stereocenters. The highest BCUT2D eigenvalue weighted by molar-refractivity contribution is 7.85. The molecule has 1 aromatic heterocycles. The second-order valence-corrected chi connectivity index (χ2v) is 7.46. The fourth-order valence-corrected chi connectivity index (χ4v) is 2.95. The molecule has 164 valence electrons. The number of anilines is 3. The number of benzene rings is 2. The van der Waals surface area contributed by atoms with Gasteiger partial charge in [0.25, 0.3) is 10.1 Å². The molecule has 9 nitrogen and oxygen atoms in total. The number of alkyl halides is 3. The molecule has 31 heavy (non-hydrogen) atoms. The molecule has 3 rings (SSSR count). The molecular formula is C18H16F3N5O4S. The number of halogens is 3. The Balaban J connectivity index is 1.82. The quantitative estimate of drug-likeness (QED) is 0.311. The molecule has 13 heteroatoms. The van der Waals surface area contributed by atoms with Gasteiger partial charge < -0.3 is 10.1 Å². The zero-order chi connectivity index (χ0) is 22.6. The van der Waals surface area contributed by atoms with Crippen LogP contribution in [0.3, 0.4) is 0 Å². The summed E-state index contributed by atoms with van der Waals surface area (Å²) in [6.45, 7) is 0. The first-order chi connectivity index (χ1) is 14.5. The normalized spacial score (nSPS) is 11.6. The summed E-state index contributed by atoms with van der Waals surface area (Å²) in [6, 6.07) is 12.1. The Hall–Kier alpha value is -3.58. The molecule has 0 amide bonds. The van der Waals surface area contributed by atoms with Crippen LogP contribution in [0.4, 0.5) is 30.6 Å². The number of nitrogens with zero attached hydrogens (tertiary/aromatic N) is 2. The van der Waals surface area contributed by atoms with Crippen LogP contribution in [0.15, 0.2) is 59.5 Å². The minimum atomic E-state index is -4.82. The van der Waals surface area contributed by atoms with Crippen LogP contribution in [0, 0.1) is 0 Å². The summed E-state index contributed by atoms with van der Waals surface area (Å²) >= 11 is 0. The van der Waals surface area contributed by atoms with Crippen molar-refractivity contribution in [3.8, 4) is 17.0 Å². The minimum Gasteiger partial charge on any atom is -0.406 e. The van der Waals surface area contributed by atoms with Crippen molar-refractivity contribution in [3.63, 3.8) is 0 Å². The van der Waals surface area contributed by atoms with E-state index in [4.69, 9.17) is 4.55 Å². The van der Waals surface area contributed by atoms with E-state index in [2.05, 4.69) is 30.9 Å². The zero-order valence-corrected chi connectivity index (χ0v) is 16.6. The Morgan fingerprint density at radius 3 is 2.32 bits per heavy atom. The van der Waals surface area contributed by atoms with Crippen LogP contribution >= 0.6 is 0 Å². The van der Waals surface area contributed by atoms with Crippen LogP contribution in [0.5, 0.6) is 5.75 Å². The summed E-state index contributed by atoms with van der Waals surface area (Å²) in [7, 11) is -2.73. The summed E-state index contributed by atoms with van der Waals surface area (Å²) < 4.78 is 72.6. The average Bonchev–Trinajstić information content (AvgIpc) is 2.70. The second-order valence-electron chi connectivity index (χ2n) is 6.04. The van der Waals surface area contributed by atoms with E-state index in [1.807, 2.05) is 0 Å². The maximum atomic E-state index is 12.5. The number of hydrazine groups is 1. The fourth-order valence-electron chi connectivity index (χ4n) is 2.47. The molecule has 3 aromatic rings. The molecule has 0 aliphatic carbocycles. The lowest BCUT2D eigenvalue weighted by molar-refractivity contribution is -0.274. The van der Waals surface area contributed by atoms with Gasteiger partial charge in [-0.3, -0.25) is 15.4 Å². The highest BCUT2D eigenvalue weighted by Gasteiger charge is 2.31. The molecule has 0 unspecified atom stereocenters. The van der Waals surface area contributed by atoms with Crippen molar-refractivity contribution in [1.82, 2.24) is 9.97 Å². The second kappa shape index (κ2) is 8.65. The Morgan fingerprint density at radius 1 is 1.00 bits per heavy atom.